The molecule has 1 N–H and O–H groups in total. The molecule has 12 heavy (non-hydrogen) atoms. The summed E-state index contributed by atoms with van der Waals surface area (Å²) in [5.41, 5.74) is 0. The van der Waals surface area contributed by atoms with Crippen molar-refractivity contribution < 1.29 is 14.7 Å². The van der Waals surface area contributed by atoms with Gasteiger partial charge in [0.1, 0.15) is 12.2 Å². The van der Waals surface area contributed by atoms with Gasteiger partial charge in [-0.15, -0.1) is 0 Å². The minimum Gasteiger partial charge on any atom is -0.481 e. The van der Waals surface area contributed by atoms with Gasteiger partial charge in [0, 0.05) is 6.42 Å². The summed E-state index contributed by atoms with van der Waals surface area (Å²) in [7, 11) is 0. The highest BCUT2D eigenvalue weighted by Crippen LogP contribution is 1.96. The lowest BCUT2D eigenvalue weighted by molar-refractivity contribution is -0.140. The fourth-order valence-corrected chi connectivity index (χ4v) is 0.694. The molecule has 0 amide bonds. The van der Waals surface area contributed by atoms with Crippen molar-refractivity contribution in [1.82, 2.24) is 0 Å². The van der Waals surface area contributed by atoms with Crippen LogP contribution in [0.2, 0.25) is 0 Å². The van der Waals surface area contributed by atoms with Crippen molar-refractivity contribution in [3.05, 3.63) is 24.8 Å². The van der Waals surface area contributed by atoms with Gasteiger partial charge in [-0.3, -0.25) is 9.59 Å². The molecular weight excluding hydrogens is 156 g/mol. The minimum atomic E-state index is -1.06. The second-order valence-electron chi connectivity index (χ2n) is 2.31. The van der Waals surface area contributed by atoms with Crippen molar-refractivity contribution in [2.75, 3.05) is 0 Å². The molecule has 0 bridgehead atoms. The first-order valence-electron chi connectivity index (χ1n) is 3.68. The van der Waals surface area contributed by atoms with Crippen LogP contribution in [-0.4, -0.2) is 16.9 Å². The van der Waals surface area contributed by atoms with Gasteiger partial charge in [-0.25, -0.2) is 0 Å². The molecule has 66 valence electrons. The molecule has 0 fully saturated rings. The van der Waals surface area contributed by atoms with Gasteiger partial charge in [0.15, 0.2) is 0 Å². The molecule has 0 spiro atoms. The maximum atomic E-state index is 10.8. The Morgan fingerprint density at radius 2 is 2.08 bits per heavy atom. The first kappa shape index (κ1) is 10.6. The lowest BCUT2D eigenvalue weighted by atomic mass is 10.1. The Morgan fingerprint density at radius 1 is 1.42 bits per heavy atom. The quantitative estimate of drug-likeness (QED) is 0.483. The Bertz CT molecular complexity index is 204. The van der Waals surface area contributed by atoms with E-state index in [1.54, 1.807) is 18.2 Å². The average molecular weight is 168 g/mol. The number of Topliss-reactive ketones (excluding diaryl/α,β-unsaturated/α-hetero) is 1. The van der Waals surface area contributed by atoms with Crippen molar-refractivity contribution in [2.45, 2.75) is 19.3 Å². The maximum Gasteiger partial charge on any atom is 0.310 e. The van der Waals surface area contributed by atoms with E-state index in [0.717, 1.165) is 0 Å². The number of aliphatic carboxylic acids is 1. The van der Waals surface area contributed by atoms with Crippen LogP contribution in [-0.2, 0) is 9.59 Å². The number of ketones is 1. The Morgan fingerprint density at radius 3 is 2.58 bits per heavy atom. The van der Waals surface area contributed by atoms with E-state index in [1.165, 1.54) is 0 Å². The molecule has 0 aromatic carbocycles. The van der Waals surface area contributed by atoms with Crippen LogP contribution in [0, 0.1) is 0 Å². The standard InChI is InChI=1S/C9H12O3/c1-2-3-4-5-6-8(10)7-9(11)12/h2-4H,1,5-7H2,(H,11,12). The molecule has 3 heteroatoms. The topological polar surface area (TPSA) is 54.4 Å². The Hall–Kier alpha value is -1.38. The third-order valence-corrected chi connectivity index (χ3v) is 1.21. The molecule has 0 radical (unpaired) electrons. The summed E-state index contributed by atoms with van der Waals surface area (Å²) >= 11 is 0. The molecule has 0 aliphatic carbocycles. The highest BCUT2D eigenvalue weighted by molar-refractivity contribution is 5.94. The zero-order chi connectivity index (χ0) is 9.40. The average Bonchev–Trinajstić information content (AvgIpc) is 1.97. The van der Waals surface area contributed by atoms with Crippen LogP contribution in [0.5, 0.6) is 0 Å². The van der Waals surface area contributed by atoms with Gasteiger partial charge >= 0.3 is 5.97 Å². The van der Waals surface area contributed by atoms with Crippen LogP contribution in [0.25, 0.3) is 0 Å². The van der Waals surface area contributed by atoms with Crippen LogP contribution < -0.4 is 0 Å². The number of hydrogen-bond acceptors (Lipinski definition) is 2. The fourth-order valence-electron chi connectivity index (χ4n) is 0.694. The zero-order valence-corrected chi connectivity index (χ0v) is 6.82. The highest BCUT2D eigenvalue weighted by atomic mass is 16.4. The SMILES string of the molecule is C=CC=CCCC(=O)CC(=O)O. The minimum absolute atomic E-state index is 0.240. The van der Waals surface area contributed by atoms with Gasteiger partial charge in [-0.2, -0.15) is 0 Å². The number of carboxylic acid groups (broad SMARTS) is 1. The zero-order valence-electron chi connectivity index (χ0n) is 6.82. The number of allylic oxidation sites excluding steroid dienone is 3. The second-order valence-corrected chi connectivity index (χ2v) is 2.31. The number of rotatable bonds is 6. The molecule has 0 aliphatic rings. The van der Waals surface area contributed by atoms with Gasteiger partial charge in [-0.1, -0.05) is 24.8 Å². The van der Waals surface area contributed by atoms with Crippen LogP contribution in [0.15, 0.2) is 24.8 Å². The predicted molar refractivity (Wildman–Crippen MR) is 45.8 cm³/mol. The van der Waals surface area contributed by atoms with E-state index in [4.69, 9.17) is 5.11 Å². The molecule has 0 aromatic heterocycles. The lowest BCUT2D eigenvalue weighted by Gasteiger charge is -1.92. The summed E-state index contributed by atoms with van der Waals surface area (Å²) in [6.07, 6.45) is 5.62. The smallest absolute Gasteiger partial charge is 0.310 e. The van der Waals surface area contributed by atoms with Crippen molar-refractivity contribution >= 4 is 11.8 Å². The van der Waals surface area contributed by atoms with Crippen molar-refractivity contribution in [3.8, 4) is 0 Å². The molecule has 0 rings (SSSR count). The molecule has 0 atom stereocenters. The van der Waals surface area contributed by atoms with Crippen molar-refractivity contribution in [1.29, 1.82) is 0 Å². The van der Waals surface area contributed by atoms with Gasteiger partial charge in [0.2, 0.25) is 0 Å². The summed E-state index contributed by atoms with van der Waals surface area (Å²) in [6.45, 7) is 3.46. The monoisotopic (exact) mass is 168 g/mol. The molecule has 0 heterocycles. The molecular formula is C9H12O3. The van der Waals surface area contributed by atoms with Crippen LogP contribution in [0.3, 0.4) is 0 Å². The van der Waals surface area contributed by atoms with Gasteiger partial charge < -0.3 is 5.11 Å². The maximum absolute atomic E-state index is 10.8. The molecule has 0 saturated carbocycles. The summed E-state index contributed by atoms with van der Waals surface area (Å²) in [5, 5.41) is 8.23. The van der Waals surface area contributed by atoms with E-state index < -0.39 is 5.97 Å². The van der Waals surface area contributed by atoms with E-state index in [9.17, 15) is 9.59 Å². The van der Waals surface area contributed by atoms with Gasteiger partial charge in [0.25, 0.3) is 0 Å². The Balaban J connectivity index is 3.50. The predicted octanol–water partition coefficient (Wildman–Crippen LogP) is 1.55. The number of carbonyl (C=O) groups is 2. The molecule has 0 aromatic rings. The third-order valence-electron chi connectivity index (χ3n) is 1.21. The number of hydrogen-bond donors (Lipinski definition) is 1. The van der Waals surface area contributed by atoms with E-state index in [0.29, 0.717) is 6.42 Å². The van der Waals surface area contributed by atoms with E-state index in [2.05, 4.69) is 6.58 Å². The Labute approximate surface area is 71.4 Å². The first-order chi connectivity index (χ1) is 5.66. The molecule has 0 unspecified atom stereocenters. The number of carboxylic acids is 1. The van der Waals surface area contributed by atoms with Crippen LogP contribution in [0.1, 0.15) is 19.3 Å². The Kier molecular flexibility index (Phi) is 5.61. The summed E-state index contributed by atoms with van der Waals surface area (Å²) in [4.78, 5) is 20.8. The second kappa shape index (κ2) is 6.34. The lowest BCUT2D eigenvalue weighted by Crippen LogP contribution is -2.05. The van der Waals surface area contributed by atoms with Crippen LogP contribution in [0.4, 0.5) is 0 Å². The van der Waals surface area contributed by atoms with Crippen molar-refractivity contribution in [2.24, 2.45) is 0 Å². The van der Waals surface area contributed by atoms with Gasteiger partial charge in [-0.05, 0) is 6.42 Å². The van der Waals surface area contributed by atoms with E-state index in [-0.39, 0.29) is 18.6 Å². The normalized spacial score (nSPS) is 10.0. The molecule has 0 saturated heterocycles. The van der Waals surface area contributed by atoms with Crippen LogP contribution >= 0.6 is 0 Å². The van der Waals surface area contributed by atoms with Crippen molar-refractivity contribution in [3.63, 3.8) is 0 Å². The molecule has 3 nitrogen and oxygen atoms in total. The largest absolute Gasteiger partial charge is 0.481 e. The van der Waals surface area contributed by atoms with Gasteiger partial charge in [0.05, 0.1) is 0 Å². The first-order valence-corrected chi connectivity index (χ1v) is 3.68. The summed E-state index contributed by atoms with van der Waals surface area (Å²) < 4.78 is 0. The molecule has 0 aliphatic heterocycles. The number of carbonyl (C=O) groups excluding carboxylic acids is 1. The van der Waals surface area contributed by atoms with E-state index in [1.807, 2.05) is 0 Å². The van der Waals surface area contributed by atoms with E-state index >= 15 is 0 Å². The summed E-state index contributed by atoms with van der Waals surface area (Å²) in [6, 6.07) is 0. The summed E-state index contributed by atoms with van der Waals surface area (Å²) in [5.74, 6) is -1.30. The third kappa shape index (κ3) is 6.74. The fraction of sp³-hybridized carbons (Fsp3) is 0.333. The highest BCUT2D eigenvalue weighted by Gasteiger charge is 2.05.